The van der Waals surface area contributed by atoms with E-state index in [1.165, 1.54) is 16.7 Å². The number of hydrazone groups is 1. The molecule has 0 spiro atoms. The Morgan fingerprint density at radius 1 is 0.704 bits per heavy atom. The molecule has 0 aromatic heterocycles. The second-order valence-corrected chi connectivity index (χ2v) is 6.90. The lowest BCUT2D eigenvalue weighted by Gasteiger charge is -2.21. The predicted octanol–water partition coefficient (Wildman–Crippen LogP) is 6.68. The van der Waals surface area contributed by atoms with E-state index >= 15 is 0 Å². The van der Waals surface area contributed by atoms with E-state index in [0.717, 1.165) is 35.5 Å². The molecule has 0 amide bonds. The van der Waals surface area contributed by atoms with Crippen LogP contribution >= 0.6 is 0 Å². The van der Waals surface area contributed by atoms with Crippen molar-refractivity contribution in [3.05, 3.63) is 95.1 Å². The third kappa shape index (κ3) is 4.65. The minimum absolute atomic E-state index is 0.995. The van der Waals surface area contributed by atoms with Gasteiger partial charge in [0.15, 0.2) is 0 Å². The van der Waals surface area contributed by atoms with Crippen molar-refractivity contribution in [2.45, 2.75) is 40.5 Å². The molecule has 0 atom stereocenters. The molecular formula is C25H28N2. The third-order valence-electron chi connectivity index (χ3n) is 4.90. The molecule has 3 rings (SSSR count). The van der Waals surface area contributed by atoms with Crippen LogP contribution in [0.4, 0.5) is 11.4 Å². The average Bonchev–Trinajstić information content (AvgIpc) is 2.72. The van der Waals surface area contributed by atoms with Crippen molar-refractivity contribution in [1.29, 1.82) is 0 Å². The first-order chi connectivity index (χ1) is 13.1. The number of hydrogen-bond acceptors (Lipinski definition) is 2. The summed E-state index contributed by atoms with van der Waals surface area (Å²) in [5.74, 6) is 0. The zero-order valence-corrected chi connectivity index (χ0v) is 16.7. The molecule has 0 N–H and O–H groups in total. The minimum atomic E-state index is 0.995. The van der Waals surface area contributed by atoms with Crippen LogP contribution < -0.4 is 5.01 Å². The second-order valence-electron chi connectivity index (χ2n) is 6.90. The number of benzene rings is 3. The fourth-order valence-electron chi connectivity index (χ4n) is 3.01. The van der Waals surface area contributed by atoms with Gasteiger partial charge < -0.3 is 0 Å². The molecule has 138 valence electrons. The molecule has 0 heterocycles. The molecule has 0 aliphatic heterocycles. The number of anilines is 2. The number of aryl methyl sites for hydroxylation is 3. The van der Waals surface area contributed by atoms with Gasteiger partial charge in [-0.3, -0.25) is 0 Å². The summed E-state index contributed by atoms with van der Waals surface area (Å²) in [7, 11) is 0. The molecule has 3 aromatic carbocycles. The van der Waals surface area contributed by atoms with E-state index in [-0.39, 0.29) is 0 Å². The Labute approximate surface area is 163 Å². The number of nitrogens with zero attached hydrogens (tertiary/aromatic N) is 2. The maximum Gasteiger partial charge on any atom is 0.0655 e. The van der Waals surface area contributed by atoms with Crippen molar-refractivity contribution in [2.24, 2.45) is 5.10 Å². The van der Waals surface area contributed by atoms with Gasteiger partial charge in [0.25, 0.3) is 0 Å². The molecule has 27 heavy (non-hydrogen) atoms. The normalized spacial score (nSPS) is 11.5. The van der Waals surface area contributed by atoms with E-state index in [1.807, 2.05) is 5.01 Å². The van der Waals surface area contributed by atoms with E-state index in [9.17, 15) is 0 Å². The smallest absolute Gasteiger partial charge is 0.0655 e. The Hall–Kier alpha value is -2.87. The lowest BCUT2D eigenvalue weighted by Crippen LogP contribution is -2.12. The predicted molar refractivity (Wildman–Crippen MR) is 117 cm³/mol. The van der Waals surface area contributed by atoms with Gasteiger partial charge >= 0.3 is 0 Å². The topological polar surface area (TPSA) is 15.6 Å². The first-order valence-electron chi connectivity index (χ1n) is 9.71. The van der Waals surface area contributed by atoms with Gasteiger partial charge in [0.2, 0.25) is 0 Å². The van der Waals surface area contributed by atoms with Gasteiger partial charge in [-0.15, -0.1) is 0 Å². The van der Waals surface area contributed by atoms with Crippen LogP contribution in [0.1, 0.15) is 43.0 Å². The first kappa shape index (κ1) is 18.9. The Balaban J connectivity index is 2.02. The molecule has 0 aliphatic rings. The Bertz CT molecular complexity index is 841. The molecule has 0 saturated carbocycles. The van der Waals surface area contributed by atoms with Crippen LogP contribution in [0, 0.1) is 6.92 Å². The molecule has 0 saturated heterocycles. The van der Waals surface area contributed by atoms with Crippen LogP contribution in [0.25, 0.3) is 0 Å². The SMILES string of the molecule is CCc1ccc(N(/N=C(/C)c2ccc(C)cc2)c2ccc(CC)cc2)cc1. The van der Waals surface area contributed by atoms with Gasteiger partial charge in [-0.1, -0.05) is 67.9 Å². The second kappa shape index (κ2) is 8.68. The van der Waals surface area contributed by atoms with Gasteiger partial charge in [0.05, 0.1) is 17.1 Å². The van der Waals surface area contributed by atoms with E-state index in [2.05, 4.69) is 100 Å². The van der Waals surface area contributed by atoms with Crippen molar-refractivity contribution in [3.8, 4) is 0 Å². The molecular weight excluding hydrogens is 328 g/mol. The van der Waals surface area contributed by atoms with E-state index in [4.69, 9.17) is 5.10 Å². The van der Waals surface area contributed by atoms with E-state index in [0.29, 0.717) is 0 Å². The van der Waals surface area contributed by atoms with Crippen LogP contribution in [0.3, 0.4) is 0 Å². The highest BCUT2D eigenvalue weighted by Gasteiger charge is 2.10. The summed E-state index contributed by atoms with van der Waals surface area (Å²) in [5, 5.41) is 7.01. The molecule has 0 bridgehead atoms. The third-order valence-corrected chi connectivity index (χ3v) is 4.90. The summed E-state index contributed by atoms with van der Waals surface area (Å²) < 4.78 is 0. The quantitative estimate of drug-likeness (QED) is 0.355. The fourth-order valence-corrected chi connectivity index (χ4v) is 3.01. The molecule has 0 unspecified atom stereocenters. The van der Waals surface area contributed by atoms with Crippen LogP contribution in [0.2, 0.25) is 0 Å². The molecule has 2 heteroatoms. The fraction of sp³-hybridized carbons (Fsp3) is 0.240. The van der Waals surface area contributed by atoms with Crippen molar-refractivity contribution in [3.63, 3.8) is 0 Å². The first-order valence-corrected chi connectivity index (χ1v) is 9.71. The van der Waals surface area contributed by atoms with E-state index < -0.39 is 0 Å². The monoisotopic (exact) mass is 356 g/mol. The van der Waals surface area contributed by atoms with Gasteiger partial charge in [0.1, 0.15) is 0 Å². The Kier molecular flexibility index (Phi) is 6.08. The van der Waals surface area contributed by atoms with Gasteiger partial charge in [-0.2, -0.15) is 5.10 Å². The molecule has 0 aliphatic carbocycles. The number of hydrogen-bond donors (Lipinski definition) is 0. The van der Waals surface area contributed by atoms with Crippen molar-refractivity contribution < 1.29 is 0 Å². The average molecular weight is 357 g/mol. The maximum absolute atomic E-state index is 4.98. The highest BCUT2D eigenvalue weighted by Crippen LogP contribution is 2.27. The lowest BCUT2D eigenvalue weighted by atomic mass is 10.1. The lowest BCUT2D eigenvalue weighted by molar-refractivity contribution is 1.06. The number of rotatable bonds is 6. The largest absolute Gasteiger partial charge is 0.234 e. The summed E-state index contributed by atoms with van der Waals surface area (Å²) in [6.07, 6.45) is 2.08. The van der Waals surface area contributed by atoms with Crippen LogP contribution in [-0.4, -0.2) is 5.71 Å². The standard InChI is InChI=1S/C25H28N2/c1-5-21-9-15-24(16-10-21)27(25-17-11-22(6-2)12-18-25)26-20(4)23-13-7-19(3)8-14-23/h7-18H,5-6H2,1-4H3/b26-20-. The van der Waals surface area contributed by atoms with E-state index in [1.54, 1.807) is 0 Å². The highest BCUT2D eigenvalue weighted by molar-refractivity contribution is 5.99. The van der Waals surface area contributed by atoms with Crippen molar-refractivity contribution in [1.82, 2.24) is 0 Å². The van der Waals surface area contributed by atoms with Crippen LogP contribution in [0.15, 0.2) is 77.9 Å². The van der Waals surface area contributed by atoms with Gasteiger partial charge in [-0.25, -0.2) is 5.01 Å². The van der Waals surface area contributed by atoms with Crippen LogP contribution in [0.5, 0.6) is 0 Å². The van der Waals surface area contributed by atoms with Gasteiger partial charge in [0, 0.05) is 0 Å². The zero-order chi connectivity index (χ0) is 19.2. The molecule has 3 aromatic rings. The maximum atomic E-state index is 4.98. The molecule has 0 radical (unpaired) electrons. The summed E-state index contributed by atoms with van der Waals surface area (Å²) in [6.45, 7) is 8.53. The molecule has 2 nitrogen and oxygen atoms in total. The summed E-state index contributed by atoms with van der Waals surface area (Å²) >= 11 is 0. The Morgan fingerprint density at radius 2 is 1.15 bits per heavy atom. The summed E-state index contributed by atoms with van der Waals surface area (Å²) in [5.41, 5.74) is 8.20. The highest BCUT2D eigenvalue weighted by atomic mass is 15.5. The van der Waals surface area contributed by atoms with Crippen molar-refractivity contribution in [2.75, 3.05) is 5.01 Å². The zero-order valence-electron chi connectivity index (χ0n) is 16.7. The Morgan fingerprint density at radius 3 is 1.56 bits per heavy atom. The summed E-state index contributed by atoms with van der Waals surface area (Å²) in [4.78, 5) is 0. The van der Waals surface area contributed by atoms with Gasteiger partial charge in [-0.05, 0) is 67.6 Å². The minimum Gasteiger partial charge on any atom is -0.234 e. The summed E-state index contributed by atoms with van der Waals surface area (Å²) in [6, 6.07) is 25.8. The van der Waals surface area contributed by atoms with Crippen LogP contribution in [-0.2, 0) is 12.8 Å². The van der Waals surface area contributed by atoms with Crippen molar-refractivity contribution >= 4 is 17.1 Å². The molecule has 0 fully saturated rings.